The zero-order chi connectivity index (χ0) is 20.7. The van der Waals surface area contributed by atoms with Crippen LogP contribution in [-0.4, -0.2) is 66.3 Å². The molecule has 10 heteroatoms. The van der Waals surface area contributed by atoms with E-state index in [2.05, 4.69) is 4.74 Å². The van der Waals surface area contributed by atoms with Gasteiger partial charge in [0.15, 0.2) is 18.1 Å². The van der Waals surface area contributed by atoms with Crippen LogP contribution in [0.3, 0.4) is 0 Å². The van der Waals surface area contributed by atoms with Gasteiger partial charge in [-0.2, -0.15) is 0 Å². The molecule has 1 aliphatic rings. The second kappa shape index (κ2) is 9.60. The molecule has 1 heterocycles. The van der Waals surface area contributed by atoms with Crippen LogP contribution >= 0.6 is 0 Å². The molecule has 0 amide bonds. The summed E-state index contributed by atoms with van der Waals surface area (Å²) in [5.74, 6) is -1.36. The maximum Gasteiger partial charge on any atom is 0.355 e. The summed E-state index contributed by atoms with van der Waals surface area (Å²) in [6.45, 7) is -0.389. The largest absolute Gasteiger partial charge is 0.493 e. The summed E-state index contributed by atoms with van der Waals surface area (Å²) in [6, 6.07) is 4.74. The Balaban J connectivity index is 2.42. The minimum atomic E-state index is -0.714. The minimum absolute atomic E-state index is 0.00353. The highest BCUT2D eigenvalue weighted by atomic mass is 16.6. The molecule has 10 nitrogen and oxygen atoms in total. The second-order valence-electron chi connectivity index (χ2n) is 5.42. The number of carbonyl (C=O) groups is 3. The SMILES string of the molecule is COC(=O)COc1ccc(N2COCC(C(=O)OC)=C2C(=O)OC)cc1OC. The van der Waals surface area contributed by atoms with Crippen LogP contribution in [0.5, 0.6) is 11.5 Å². The van der Waals surface area contributed by atoms with E-state index in [1.807, 2.05) is 0 Å². The van der Waals surface area contributed by atoms with E-state index < -0.39 is 17.9 Å². The summed E-state index contributed by atoms with van der Waals surface area (Å²) in [7, 11) is 5.09. The highest BCUT2D eigenvalue weighted by Gasteiger charge is 2.32. The number of ether oxygens (including phenoxy) is 6. The van der Waals surface area contributed by atoms with Gasteiger partial charge in [-0.3, -0.25) is 0 Å². The fourth-order valence-electron chi connectivity index (χ4n) is 2.49. The highest BCUT2D eigenvalue weighted by Crippen LogP contribution is 2.35. The van der Waals surface area contributed by atoms with Gasteiger partial charge in [0, 0.05) is 11.8 Å². The van der Waals surface area contributed by atoms with E-state index in [4.69, 9.17) is 23.7 Å². The molecule has 1 aliphatic heterocycles. The average Bonchev–Trinajstić information content (AvgIpc) is 2.75. The van der Waals surface area contributed by atoms with Gasteiger partial charge in [0.1, 0.15) is 12.4 Å². The molecule has 0 aromatic heterocycles. The van der Waals surface area contributed by atoms with Crippen molar-refractivity contribution >= 4 is 23.6 Å². The number of hydrogen-bond acceptors (Lipinski definition) is 10. The zero-order valence-corrected chi connectivity index (χ0v) is 16.0. The average molecular weight is 395 g/mol. The number of carbonyl (C=O) groups excluding carboxylic acids is 3. The van der Waals surface area contributed by atoms with Crippen LogP contribution in [0.25, 0.3) is 0 Å². The highest BCUT2D eigenvalue weighted by molar-refractivity contribution is 6.03. The van der Waals surface area contributed by atoms with Crippen LogP contribution in [0.15, 0.2) is 29.5 Å². The molecule has 0 N–H and O–H groups in total. The lowest BCUT2D eigenvalue weighted by atomic mass is 10.1. The van der Waals surface area contributed by atoms with Crippen LogP contribution < -0.4 is 14.4 Å². The van der Waals surface area contributed by atoms with E-state index in [1.54, 1.807) is 18.2 Å². The number of esters is 3. The Hall–Kier alpha value is -3.27. The fraction of sp³-hybridized carbons (Fsp3) is 0.389. The van der Waals surface area contributed by atoms with Gasteiger partial charge in [-0.1, -0.05) is 0 Å². The number of anilines is 1. The predicted octanol–water partition coefficient (Wildman–Crippen LogP) is 0.641. The van der Waals surface area contributed by atoms with Crippen LogP contribution in [0.2, 0.25) is 0 Å². The van der Waals surface area contributed by atoms with Crippen molar-refractivity contribution in [3.8, 4) is 11.5 Å². The van der Waals surface area contributed by atoms with E-state index in [0.717, 1.165) is 0 Å². The van der Waals surface area contributed by atoms with Crippen molar-refractivity contribution in [1.82, 2.24) is 0 Å². The topological polar surface area (TPSA) is 110 Å². The van der Waals surface area contributed by atoms with E-state index in [1.165, 1.54) is 33.3 Å². The predicted molar refractivity (Wildman–Crippen MR) is 94.9 cm³/mol. The van der Waals surface area contributed by atoms with E-state index >= 15 is 0 Å². The van der Waals surface area contributed by atoms with Gasteiger partial charge in [-0.25, -0.2) is 14.4 Å². The third kappa shape index (κ3) is 4.52. The molecule has 0 spiro atoms. The molecular weight excluding hydrogens is 374 g/mol. The van der Waals surface area contributed by atoms with Gasteiger partial charge in [0.05, 0.1) is 40.6 Å². The first-order chi connectivity index (χ1) is 13.5. The summed E-state index contributed by atoms with van der Waals surface area (Å²) in [4.78, 5) is 37.1. The summed E-state index contributed by atoms with van der Waals surface area (Å²) < 4.78 is 30.2. The van der Waals surface area contributed by atoms with Crippen LogP contribution in [0.4, 0.5) is 5.69 Å². The van der Waals surface area contributed by atoms with Crippen molar-refractivity contribution in [2.24, 2.45) is 0 Å². The number of benzene rings is 1. The van der Waals surface area contributed by atoms with Crippen molar-refractivity contribution in [2.75, 3.05) is 53.3 Å². The van der Waals surface area contributed by atoms with Gasteiger partial charge in [0.25, 0.3) is 0 Å². The molecular formula is C18H21NO9. The zero-order valence-electron chi connectivity index (χ0n) is 16.0. The Labute approximate surface area is 161 Å². The molecule has 0 atom stereocenters. The third-order valence-corrected chi connectivity index (χ3v) is 3.87. The monoisotopic (exact) mass is 395 g/mol. The second-order valence-corrected chi connectivity index (χ2v) is 5.42. The quantitative estimate of drug-likeness (QED) is 0.482. The minimum Gasteiger partial charge on any atom is -0.493 e. The molecule has 152 valence electrons. The molecule has 1 aromatic rings. The Kier molecular flexibility index (Phi) is 7.21. The Bertz CT molecular complexity index is 787. The van der Waals surface area contributed by atoms with Crippen molar-refractivity contribution in [3.63, 3.8) is 0 Å². The lowest BCUT2D eigenvalue weighted by Gasteiger charge is -2.31. The molecule has 0 aliphatic carbocycles. The van der Waals surface area contributed by atoms with Crippen molar-refractivity contribution < 1.29 is 42.8 Å². The maximum absolute atomic E-state index is 12.3. The van der Waals surface area contributed by atoms with Crippen molar-refractivity contribution in [1.29, 1.82) is 0 Å². The first-order valence-electron chi connectivity index (χ1n) is 8.09. The van der Waals surface area contributed by atoms with Crippen LogP contribution in [0.1, 0.15) is 0 Å². The first-order valence-corrected chi connectivity index (χ1v) is 8.09. The van der Waals surface area contributed by atoms with Crippen molar-refractivity contribution in [3.05, 3.63) is 29.5 Å². The van der Waals surface area contributed by atoms with Gasteiger partial charge in [-0.05, 0) is 12.1 Å². The molecule has 0 unspecified atom stereocenters. The Morgan fingerprint density at radius 1 is 1.00 bits per heavy atom. The number of methoxy groups -OCH3 is 4. The Morgan fingerprint density at radius 3 is 2.32 bits per heavy atom. The number of rotatable bonds is 7. The molecule has 1 aromatic carbocycles. The molecule has 0 bridgehead atoms. The smallest absolute Gasteiger partial charge is 0.355 e. The fourth-order valence-corrected chi connectivity index (χ4v) is 2.49. The molecule has 0 saturated carbocycles. The number of hydrogen-bond donors (Lipinski definition) is 0. The van der Waals surface area contributed by atoms with Gasteiger partial charge >= 0.3 is 17.9 Å². The lowest BCUT2D eigenvalue weighted by Crippen LogP contribution is -2.38. The normalized spacial score (nSPS) is 13.6. The van der Waals surface area contributed by atoms with Gasteiger partial charge in [-0.15, -0.1) is 0 Å². The molecule has 0 radical (unpaired) electrons. The summed E-state index contributed by atoms with van der Waals surface area (Å²) in [6.07, 6.45) is 0. The summed E-state index contributed by atoms with van der Waals surface area (Å²) in [5.41, 5.74) is 0.514. The number of nitrogens with zero attached hydrogens (tertiary/aromatic N) is 1. The van der Waals surface area contributed by atoms with Gasteiger partial charge in [0.2, 0.25) is 0 Å². The van der Waals surface area contributed by atoms with Crippen LogP contribution in [0, 0.1) is 0 Å². The maximum atomic E-state index is 12.3. The van der Waals surface area contributed by atoms with Gasteiger partial charge < -0.3 is 33.3 Å². The Morgan fingerprint density at radius 2 is 1.71 bits per heavy atom. The van der Waals surface area contributed by atoms with E-state index in [0.29, 0.717) is 17.2 Å². The first kappa shape index (κ1) is 21.0. The molecule has 0 saturated heterocycles. The molecule has 2 rings (SSSR count). The van der Waals surface area contributed by atoms with E-state index in [-0.39, 0.29) is 31.2 Å². The van der Waals surface area contributed by atoms with E-state index in [9.17, 15) is 14.4 Å². The lowest BCUT2D eigenvalue weighted by molar-refractivity contribution is -0.143. The third-order valence-electron chi connectivity index (χ3n) is 3.87. The molecule has 0 fully saturated rings. The van der Waals surface area contributed by atoms with Crippen LogP contribution in [-0.2, 0) is 33.3 Å². The summed E-state index contributed by atoms with van der Waals surface area (Å²) in [5, 5.41) is 0. The van der Waals surface area contributed by atoms with Crippen molar-refractivity contribution in [2.45, 2.75) is 0 Å². The molecule has 28 heavy (non-hydrogen) atoms. The summed E-state index contributed by atoms with van der Waals surface area (Å²) >= 11 is 0. The standard InChI is InChI=1S/C18H21NO9/c1-23-14-7-11(5-6-13(14)28-9-15(20)24-2)19-10-27-8-12(17(21)25-3)16(19)18(22)26-4/h5-7H,8-10H2,1-4H3.